The van der Waals surface area contributed by atoms with Gasteiger partial charge in [0.15, 0.2) is 0 Å². The maximum absolute atomic E-state index is 12.4. The summed E-state index contributed by atoms with van der Waals surface area (Å²) < 4.78 is 6.79. The summed E-state index contributed by atoms with van der Waals surface area (Å²) in [7, 11) is 0. The van der Waals surface area contributed by atoms with E-state index in [4.69, 9.17) is 4.74 Å². The maximum Gasteiger partial charge on any atom is 0.273 e. The second-order valence-corrected chi connectivity index (χ2v) is 6.73. The minimum Gasteiger partial charge on any atom is -0.494 e. The molecule has 3 rings (SSSR count). The average molecular weight is 422 g/mol. The molecule has 0 saturated carbocycles. The van der Waals surface area contributed by atoms with Gasteiger partial charge in [0.25, 0.3) is 17.2 Å². The Labute approximate surface area is 178 Å². The first-order valence-electron chi connectivity index (χ1n) is 9.72. The summed E-state index contributed by atoms with van der Waals surface area (Å²) in [5.41, 5.74) is 1.49. The Morgan fingerprint density at radius 1 is 1.23 bits per heavy atom. The number of hydrogen-bond acceptors (Lipinski definition) is 6. The van der Waals surface area contributed by atoms with Crippen LogP contribution in [-0.4, -0.2) is 33.5 Å². The number of nitrogens with one attached hydrogen (secondary N) is 1. The van der Waals surface area contributed by atoms with Crippen molar-refractivity contribution in [3.63, 3.8) is 0 Å². The zero-order valence-corrected chi connectivity index (χ0v) is 17.2. The molecule has 0 saturated heterocycles. The van der Waals surface area contributed by atoms with E-state index in [0.29, 0.717) is 17.9 Å². The van der Waals surface area contributed by atoms with E-state index in [1.54, 1.807) is 0 Å². The summed E-state index contributed by atoms with van der Waals surface area (Å²) in [4.78, 5) is 39.6. The molecule has 0 bridgehead atoms. The molecule has 0 aliphatic carbocycles. The van der Waals surface area contributed by atoms with Crippen molar-refractivity contribution in [2.24, 2.45) is 0 Å². The van der Waals surface area contributed by atoms with Gasteiger partial charge >= 0.3 is 0 Å². The molecule has 9 heteroatoms. The van der Waals surface area contributed by atoms with Crippen LogP contribution < -0.4 is 15.6 Å². The van der Waals surface area contributed by atoms with Gasteiger partial charge in [0.1, 0.15) is 5.75 Å². The second-order valence-electron chi connectivity index (χ2n) is 6.73. The predicted molar refractivity (Wildman–Crippen MR) is 115 cm³/mol. The third-order valence-corrected chi connectivity index (χ3v) is 4.73. The number of benzene rings is 2. The van der Waals surface area contributed by atoms with Gasteiger partial charge in [0.2, 0.25) is 0 Å². The Hall–Kier alpha value is -4.01. The van der Waals surface area contributed by atoms with Gasteiger partial charge in [-0.3, -0.25) is 24.3 Å². The lowest BCUT2D eigenvalue weighted by Gasteiger charge is -2.10. The number of carbonyl (C=O) groups excluding carboxylic acids is 1. The highest BCUT2D eigenvalue weighted by Gasteiger charge is 2.17. The topological polar surface area (TPSA) is 116 Å². The van der Waals surface area contributed by atoms with Crippen molar-refractivity contribution in [3.05, 3.63) is 86.5 Å². The van der Waals surface area contributed by atoms with Crippen LogP contribution in [0.5, 0.6) is 5.75 Å². The molecule has 2 aromatic carbocycles. The van der Waals surface area contributed by atoms with Crippen LogP contribution in [0.3, 0.4) is 0 Å². The number of aromatic nitrogens is 2. The zero-order chi connectivity index (χ0) is 22.4. The minimum absolute atomic E-state index is 0.113. The summed E-state index contributed by atoms with van der Waals surface area (Å²) in [5, 5.41) is 13.7. The quantitative estimate of drug-likeness (QED) is 0.441. The number of rotatable bonds is 8. The fourth-order valence-corrected chi connectivity index (χ4v) is 3.09. The predicted octanol–water partition coefficient (Wildman–Crippen LogP) is 2.96. The molecule has 1 N–H and O–H groups in total. The molecule has 31 heavy (non-hydrogen) atoms. The van der Waals surface area contributed by atoms with E-state index in [9.17, 15) is 19.7 Å². The second kappa shape index (κ2) is 9.66. The molecular formula is C22H22N4O5. The first kappa shape index (κ1) is 21.7. The summed E-state index contributed by atoms with van der Waals surface area (Å²) in [5.74, 6) is 0.308. The van der Waals surface area contributed by atoms with Crippen molar-refractivity contribution in [3.8, 4) is 17.0 Å². The average Bonchev–Trinajstić information content (AvgIpc) is 2.75. The van der Waals surface area contributed by atoms with Gasteiger partial charge in [-0.15, -0.1) is 0 Å². The number of ether oxygens (including phenoxy) is 1. The van der Waals surface area contributed by atoms with Crippen LogP contribution in [0, 0.1) is 17.0 Å². The fraction of sp³-hybridized carbons (Fsp3) is 0.227. The number of hydrogen-bond donors (Lipinski definition) is 1. The molecule has 3 aromatic rings. The maximum atomic E-state index is 12.4. The normalized spacial score (nSPS) is 10.5. The summed E-state index contributed by atoms with van der Waals surface area (Å²) >= 11 is 0. The molecular weight excluding hydrogens is 400 g/mol. The highest BCUT2D eigenvalue weighted by Crippen LogP contribution is 2.21. The molecule has 0 radical (unpaired) electrons. The Morgan fingerprint density at radius 2 is 1.97 bits per heavy atom. The Bertz CT molecular complexity index is 1160. The van der Waals surface area contributed by atoms with Crippen LogP contribution >= 0.6 is 0 Å². The van der Waals surface area contributed by atoms with Gasteiger partial charge in [-0.05, 0) is 44.2 Å². The molecule has 0 unspecified atom stereocenters. The third-order valence-electron chi connectivity index (χ3n) is 4.73. The molecule has 0 aliphatic rings. The van der Waals surface area contributed by atoms with Crippen LogP contribution in [-0.2, 0) is 6.54 Å². The first-order valence-corrected chi connectivity index (χ1v) is 9.72. The highest BCUT2D eigenvalue weighted by atomic mass is 16.6. The SMILES string of the molecule is CCOc1ccc(-c2cc(=O)n(CCNC(=O)c3cccc([N+](=O)[O-])c3C)cn2)cc1. The Morgan fingerprint density at radius 3 is 2.61 bits per heavy atom. The lowest BCUT2D eigenvalue weighted by atomic mass is 10.1. The largest absolute Gasteiger partial charge is 0.494 e. The summed E-state index contributed by atoms with van der Waals surface area (Å²) in [6.45, 7) is 4.40. The number of carbonyl (C=O) groups is 1. The number of amides is 1. The summed E-state index contributed by atoms with van der Waals surface area (Å²) in [6, 6.07) is 13.1. The van der Waals surface area contributed by atoms with Crippen LogP contribution in [0.15, 0.2) is 59.7 Å². The van der Waals surface area contributed by atoms with Crippen molar-refractivity contribution in [1.29, 1.82) is 0 Å². The minimum atomic E-state index is -0.525. The zero-order valence-electron chi connectivity index (χ0n) is 17.2. The molecule has 0 fully saturated rings. The van der Waals surface area contributed by atoms with E-state index in [1.165, 1.54) is 42.1 Å². The Balaban J connectivity index is 1.64. The van der Waals surface area contributed by atoms with E-state index in [2.05, 4.69) is 10.3 Å². The molecule has 9 nitrogen and oxygen atoms in total. The van der Waals surface area contributed by atoms with Crippen LogP contribution in [0.2, 0.25) is 0 Å². The summed E-state index contributed by atoms with van der Waals surface area (Å²) in [6.07, 6.45) is 1.43. The monoisotopic (exact) mass is 422 g/mol. The van der Waals surface area contributed by atoms with Crippen molar-refractivity contribution >= 4 is 11.6 Å². The van der Waals surface area contributed by atoms with E-state index in [-0.39, 0.29) is 29.9 Å². The van der Waals surface area contributed by atoms with Gasteiger partial charge in [-0.2, -0.15) is 0 Å². The molecule has 1 heterocycles. The van der Waals surface area contributed by atoms with Gasteiger partial charge < -0.3 is 10.1 Å². The smallest absolute Gasteiger partial charge is 0.273 e. The van der Waals surface area contributed by atoms with E-state index in [0.717, 1.165) is 11.3 Å². The number of nitro groups is 1. The lowest BCUT2D eigenvalue weighted by Crippen LogP contribution is -2.31. The first-order chi connectivity index (χ1) is 14.9. The standard InChI is InChI=1S/C22H22N4O5/c1-3-31-17-9-7-16(8-10-17)19-13-21(27)25(14-24-19)12-11-23-22(28)18-5-4-6-20(15(18)2)26(29)30/h4-10,13-14H,3,11-12H2,1-2H3,(H,23,28). The molecule has 1 aromatic heterocycles. The fourth-order valence-electron chi connectivity index (χ4n) is 3.09. The van der Waals surface area contributed by atoms with E-state index < -0.39 is 10.8 Å². The van der Waals surface area contributed by atoms with Gasteiger partial charge in [-0.25, -0.2) is 4.98 Å². The van der Waals surface area contributed by atoms with Gasteiger partial charge in [0, 0.05) is 41.9 Å². The van der Waals surface area contributed by atoms with Crippen LogP contribution in [0.4, 0.5) is 5.69 Å². The highest BCUT2D eigenvalue weighted by molar-refractivity contribution is 5.96. The van der Waals surface area contributed by atoms with E-state index >= 15 is 0 Å². The molecule has 0 spiro atoms. The van der Waals surface area contributed by atoms with E-state index in [1.807, 2.05) is 31.2 Å². The lowest BCUT2D eigenvalue weighted by molar-refractivity contribution is -0.385. The molecule has 1 amide bonds. The van der Waals surface area contributed by atoms with Crippen molar-refractivity contribution in [2.45, 2.75) is 20.4 Å². The van der Waals surface area contributed by atoms with Gasteiger partial charge in [-0.1, -0.05) is 6.07 Å². The van der Waals surface area contributed by atoms with Crippen molar-refractivity contribution < 1.29 is 14.5 Å². The molecule has 160 valence electrons. The van der Waals surface area contributed by atoms with Crippen molar-refractivity contribution in [2.75, 3.05) is 13.2 Å². The van der Waals surface area contributed by atoms with Crippen molar-refractivity contribution in [1.82, 2.24) is 14.9 Å². The molecule has 0 aliphatic heterocycles. The van der Waals surface area contributed by atoms with Crippen LogP contribution in [0.1, 0.15) is 22.8 Å². The number of nitro benzene ring substituents is 1. The van der Waals surface area contributed by atoms with Crippen LogP contribution in [0.25, 0.3) is 11.3 Å². The Kier molecular flexibility index (Phi) is 6.76. The number of nitrogens with zero attached hydrogens (tertiary/aromatic N) is 3. The third kappa shape index (κ3) is 5.13. The molecule has 0 atom stereocenters. The van der Waals surface area contributed by atoms with Gasteiger partial charge in [0.05, 0.1) is 23.6 Å².